The Labute approximate surface area is 356 Å². The van der Waals surface area contributed by atoms with Crippen molar-refractivity contribution in [3.8, 4) is 22.3 Å². The topological polar surface area (TPSA) is 91.7 Å². The van der Waals surface area contributed by atoms with Gasteiger partial charge in [-0.3, -0.25) is 13.8 Å². The zero-order valence-corrected chi connectivity index (χ0v) is 38.3. The average molecular weight is 848 g/mol. The fourth-order valence-corrected chi connectivity index (χ4v) is 11.1. The molecule has 57 heavy (non-hydrogen) atoms. The minimum absolute atomic E-state index is 0.0210. The monoisotopic (exact) mass is 846 g/mol. The van der Waals surface area contributed by atoms with Crippen molar-refractivity contribution < 1.29 is 24.0 Å². The fraction of sp³-hybridized carbons (Fsp3) is 0.375. The molecule has 0 bridgehead atoms. The molecule has 5 nitrogen and oxygen atoms in total. The van der Waals surface area contributed by atoms with Gasteiger partial charge in [0.15, 0.2) is 11.6 Å². The van der Waals surface area contributed by atoms with Crippen molar-refractivity contribution in [3.63, 3.8) is 0 Å². The molecule has 0 saturated heterocycles. The van der Waals surface area contributed by atoms with Crippen LogP contribution in [-0.4, -0.2) is 45.0 Å². The lowest BCUT2D eigenvalue weighted by atomic mass is 9.85. The molecule has 4 aromatic rings. The Bertz CT molecular complexity index is 2250. The Kier molecular flexibility index (Phi) is 14.3. The number of allylic oxidation sites excluding steroid dienone is 2. The van der Waals surface area contributed by atoms with Crippen LogP contribution in [0.15, 0.2) is 96.4 Å². The second-order valence-corrected chi connectivity index (χ2v) is 21.7. The average Bonchev–Trinajstić information content (AvgIpc) is 3.17. The Balaban J connectivity index is 0.000000242. The van der Waals surface area contributed by atoms with Gasteiger partial charge in [-0.1, -0.05) is 99.4 Å². The molecule has 6 rings (SSSR count). The third-order valence-electron chi connectivity index (χ3n) is 10.5. The van der Waals surface area contributed by atoms with Crippen molar-refractivity contribution >= 4 is 68.5 Å². The van der Waals surface area contributed by atoms with E-state index in [1.165, 1.54) is 11.8 Å². The summed E-state index contributed by atoms with van der Waals surface area (Å²) in [4.78, 5) is 26.5. The van der Waals surface area contributed by atoms with E-state index < -0.39 is 29.8 Å². The maximum Gasteiger partial charge on any atom is 0.184 e. The summed E-state index contributed by atoms with van der Waals surface area (Å²) >= 11 is 13.5. The number of hydrogen-bond donors (Lipinski definition) is 2. The summed E-state index contributed by atoms with van der Waals surface area (Å²) in [6.07, 6.45) is 1.50. The van der Waals surface area contributed by atoms with Crippen LogP contribution in [0.4, 0.5) is 0 Å². The van der Waals surface area contributed by atoms with Crippen LogP contribution in [0.25, 0.3) is 33.4 Å². The number of aryl methyl sites for hydroxylation is 2. The molecule has 0 amide bonds. The Morgan fingerprint density at radius 3 is 1.30 bits per heavy atom. The molecule has 0 spiro atoms. The summed E-state index contributed by atoms with van der Waals surface area (Å²) < 4.78 is 9.73. The van der Waals surface area contributed by atoms with E-state index in [4.69, 9.17) is 23.2 Å². The van der Waals surface area contributed by atoms with Crippen molar-refractivity contribution in [1.82, 2.24) is 0 Å². The molecule has 4 aromatic carbocycles. The van der Waals surface area contributed by atoms with E-state index in [9.17, 15) is 24.0 Å². The van der Waals surface area contributed by atoms with E-state index in [1.807, 2.05) is 121 Å². The molecule has 1 unspecified atom stereocenters. The van der Waals surface area contributed by atoms with Crippen LogP contribution in [0.1, 0.15) is 105 Å². The second kappa shape index (κ2) is 17.7. The summed E-state index contributed by atoms with van der Waals surface area (Å²) in [5.41, 5.74) is 8.22. The number of rotatable bonds is 6. The zero-order chi connectivity index (χ0) is 42.8. The Morgan fingerprint density at radius 2 is 0.912 bits per heavy atom. The first-order valence-corrected chi connectivity index (χ1v) is 22.2. The maximum atomic E-state index is 13.3. The van der Waals surface area contributed by atoms with Crippen LogP contribution >= 0.6 is 35.0 Å². The number of carbonyl (C=O) groups excluding carboxylic acids is 2. The summed E-state index contributed by atoms with van der Waals surface area (Å²) in [5.74, 6) is -0.240. The van der Waals surface area contributed by atoms with Gasteiger partial charge in [-0.15, -0.1) is 11.8 Å². The first kappa shape index (κ1) is 46.1. The summed E-state index contributed by atoms with van der Waals surface area (Å²) in [6, 6.07) is 27.2. The van der Waals surface area contributed by atoms with Gasteiger partial charge in [0.05, 0.1) is 25.4 Å². The van der Waals surface area contributed by atoms with Crippen LogP contribution in [0, 0.1) is 0 Å². The number of ketones is 2. The summed E-state index contributed by atoms with van der Waals surface area (Å²) in [7, 11) is -1.54. The number of aliphatic hydroxyl groups is 2. The second-order valence-electron chi connectivity index (χ2n) is 16.0. The zero-order valence-electron chi connectivity index (χ0n) is 35.2. The quantitative estimate of drug-likeness (QED) is 0.201. The Hall–Kier alpha value is -3.62. The van der Waals surface area contributed by atoms with Gasteiger partial charge >= 0.3 is 0 Å². The van der Waals surface area contributed by atoms with Crippen LogP contribution < -0.4 is 0 Å². The van der Waals surface area contributed by atoms with E-state index >= 15 is 0 Å². The highest BCUT2D eigenvalue weighted by Gasteiger charge is 2.53. The number of Topliss-reactive ketones (excluding diaryl/α,β-unsaturated/α-hetero) is 2. The molecule has 0 aliphatic carbocycles. The minimum Gasteiger partial charge on any atom is -0.510 e. The number of thioether (sulfide) groups is 1. The molecular formula is C48H56Cl2O5S2. The molecule has 2 heterocycles. The standard InChI is InChI=1S/C23H25ClO3S.C23H25ClO2S.C2H6/c1-6-14-7-8-16(15-9-11-17(24)12-10-15)13-18(14)19-20(25)22(2,3)28(27)23(4,5)21(19)26;1-6-14-7-8-16(15-9-11-17(24)12-10-15)13-18(14)19-20(25)22(2,3)27-23(4,5)21(19)26;1-2/h7-13,25H,6H2,1-5H3;7-13,25H,6H2,1-5H3;1-2H3. The number of halogens is 2. The highest BCUT2D eigenvalue weighted by Crippen LogP contribution is 2.50. The molecule has 0 radical (unpaired) electrons. The molecule has 304 valence electrons. The molecule has 2 N–H and O–H groups in total. The van der Waals surface area contributed by atoms with E-state index in [1.54, 1.807) is 27.7 Å². The normalized spacial score (nSPS) is 19.3. The predicted molar refractivity (Wildman–Crippen MR) is 245 cm³/mol. The predicted octanol–water partition coefficient (Wildman–Crippen LogP) is 13.5. The van der Waals surface area contributed by atoms with Gasteiger partial charge in [0.1, 0.15) is 16.3 Å². The lowest BCUT2D eigenvalue weighted by Crippen LogP contribution is -2.52. The van der Waals surface area contributed by atoms with Gasteiger partial charge < -0.3 is 10.2 Å². The summed E-state index contributed by atoms with van der Waals surface area (Å²) in [6.45, 7) is 22.7. The minimum atomic E-state index is -1.54. The fourth-order valence-electron chi connectivity index (χ4n) is 7.34. The number of hydrogen-bond acceptors (Lipinski definition) is 6. The van der Waals surface area contributed by atoms with E-state index in [-0.39, 0.29) is 28.7 Å². The van der Waals surface area contributed by atoms with Crippen LogP contribution in [-0.2, 0) is 33.2 Å². The molecule has 0 saturated carbocycles. The highest BCUT2D eigenvalue weighted by molar-refractivity contribution is 8.03. The van der Waals surface area contributed by atoms with Crippen molar-refractivity contribution in [2.75, 3.05) is 0 Å². The lowest BCUT2D eigenvalue weighted by molar-refractivity contribution is -0.116. The van der Waals surface area contributed by atoms with Crippen LogP contribution in [0.2, 0.25) is 10.0 Å². The van der Waals surface area contributed by atoms with E-state index in [0.29, 0.717) is 27.6 Å². The first-order valence-electron chi connectivity index (χ1n) is 19.5. The van der Waals surface area contributed by atoms with Crippen molar-refractivity contribution in [3.05, 3.63) is 129 Å². The molecule has 2 aliphatic rings. The third-order valence-corrected chi connectivity index (χ3v) is 14.6. The lowest BCUT2D eigenvalue weighted by Gasteiger charge is -2.39. The molecular weight excluding hydrogens is 792 g/mol. The number of carbonyl (C=O) groups is 2. The van der Waals surface area contributed by atoms with Gasteiger partial charge in [-0.2, -0.15) is 0 Å². The van der Waals surface area contributed by atoms with Gasteiger partial charge in [-0.25, -0.2) is 0 Å². The van der Waals surface area contributed by atoms with Crippen molar-refractivity contribution in [2.24, 2.45) is 0 Å². The van der Waals surface area contributed by atoms with Gasteiger partial charge in [-0.05, 0) is 149 Å². The molecule has 2 aliphatic heterocycles. The van der Waals surface area contributed by atoms with Gasteiger partial charge in [0.25, 0.3) is 0 Å². The first-order chi connectivity index (χ1) is 26.6. The van der Waals surface area contributed by atoms with Crippen molar-refractivity contribution in [1.29, 1.82) is 0 Å². The maximum absolute atomic E-state index is 13.3. The molecule has 1 atom stereocenters. The summed E-state index contributed by atoms with van der Waals surface area (Å²) in [5, 5.41) is 23.3. The SMILES string of the molecule is CC.CCc1ccc(-c2ccc(Cl)cc2)cc1C1=C(O)C(C)(C)S(=O)C(C)(C)C1=O.CCc1ccc(-c2ccc(Cl)cc2)cc1C1=C(O)C(C)(C)SC(C)(C)C1=O. The number of aliphatic hydroxyl groups excluding tert-OH is 2. The van der Waals surface area contributed by atoms with Gasteiger partial charge in [0.2, 0.25) is 0 Å². The van der Waals surface area contributed by atoms with E-state index in [2.05, 4.69) is 19.1 Å². The van der Waals surface area contributed by atoms with Crippen LogP contribution in [0.5, 0.6) is 0 Å². The van der Waals surface area contributed by atoms with Crippen LogP contribution in [0.3, 0.4) is 0 Å². The molecule has 0 aromatic heterocycles. The third kappa shape index (κ3) is 9.17. The smallest absolute Gasteiger partial charge is 0.184 e. The Morgan fingerprint density at radius 1 is 0.544 bits per heavy atom. The largest absolute Gasteiger partial charge is 0.510 e. The van der Waals surface area contributed by atoms with Gasteiger partial charge in [0, 0.05) is 20.8 Å². The molecule has 9 heteroatoms. The van der Waals surface area contributed by atoms with Crippen molar-refractivity contribution in [2.45, 2.75) is 115 Å². The molecule has 0 fully saturated rings. The van der Waals surface area contributed by atoms with E-state index in [0.717, 1.165) is 45.4 Å². The highest BCUT2D eigenvalue weighted by atomic mass is 35.5. The number of benzene rings is 4.